The maximum absolute atomic E-state index is 12.9. The lowest BCUT2D eigenvalue weighted by molar-refractivity contribution is -0.142. The first-order valence-electron chi connectivity index (χ1n) is 11.5. The molecule has 0 bridgehead atoms. The second-order valence-corrected chi connectivity index (χ2v) is 9.50. The van der Waals surface area contributed by atoms with Gasteiger partial charge in [-0.1, -0.05) is 44.2 Å². The molecule has 1 aliphatic heterocycles. The summed E-state index contributed by atoms with van der Waals surface area (Å²) in [5.74, 6) is -2.54. The normalized spacial score (nSPS) is 16.3. The summed E-state index contributed by atoms with van der Waals surface area (Å²) in [6, 6.07) is 6.92. The van der Waals surface area contributed by atoms with Crippen molar-refractivity contribution in [2.24, 2.45) is 5.92 Å². The highest BCUT2D eigenvalue weighted by molar-refractivity contribution is 7.81. The van der Waals surface area contributed by atoms with E-state index < -0.39 is 35.1 Å². The number of carboxylic acids is 1. The van der Waals surface area contributed by atoms with Crippen LogP contribution in [0.4, 0.5) is 0 Å². The molecule has 0 aromatic heterocycles. The maximum Gasteiger partial charge on any atom is 0.326 e. The number of imide groups is 1. The zero-order valence-corrected chi connectivity index (χ0v) is 20.4. The van der Waals surface area contributed by atoms with Gasteiger partial charge in [0.25, 0.3) is 0 Å². The fourth-order valence-corrected chi connectivity index (χ4v) is 4.00. The van der Waals surface area contributed by atoms with Gasteiger partial charge in [-0.2, -0.15) is 12.6 Å². The molecular formula is C24H33N3O6S. The minimum absolute atomic E-state index is 0.0685. The molecule has 2 rings (SSSR count). The molecule has 3 N–H and O–H groups in total. The van der Waals surface area contributed by atoms with Gasteiger partial charge in [0.05, 0.1) is 5.25 Å². The topological polar surface area (TPSA) is 133 Å². The van der Waals surface area contributed by atoms with E-state index >= 15 is 0 Å². The van der Waals surface area contributed by atoms with Crippen LogP contribution in [-0.2, 0) is 30.4 Å². The predicted octanol–water partition coefficient (Wildman–Crippen LogP) is 1.56. The summed E-state index contributed by atoms with van der Waals surface area (Å²) in [7, 11) is 0. The molecule has 2 unspecified atom stereocenters. The number of carbonyl (C=O) groups is 5. The molecule has 1 saturated heterocycles. The fourth-order valence-electron chi connectivity index (χ4n) is 3.74. The van der Waals surface area contributed by atoms with Crippen molar-refractivity contribution in [3.8, 4) is 0 Å². The highest BCUT2D eigenvalue weighted by Crippen LogP contribution is 2.15. The lowest BCUT2D eigenvalue weighted by Gasteiger charge is -2.24. The Morgan fingerprint density at radius 1 is 1.00 bits per heavy atom. The van der Waals surface area contributed by atoms with E-state index in [0.717, 1.165) is 5.56 Å². The molecule has 1 aromatic carbocycles. The van der Waals surface area contributed by atoms with E-state index in [-0.39, 0.29) is 43.5 Å². The average Bonchev–Trinajstić information content (AvgIpc) is 3.10. The molecule has 0 spiro atoms. The predicted molar refractivity (Wildman–Crippen MR) is 129 cm³/mol. The second kappa shape index (κ2) is 13.1. The molecule has 1 fully saturated rings. The minimum Gasteiger partial charge on any atom is -0.480 e. The number of hydrogen-bond acceptors (Lipinski definition) is 6. The van der Waals surface area contributed by atoms with E-state index in [9.17, 15) is 29.1 Å². The van der Waals surface area contributed by atoms with Gasteiger partial charge in [-0.3, -0.25) is 24.1 Å². The molecular weight excluding hydrogens is 458 g/mol. The molecule has 3 atom stereocenters. The van der Waals surface area contributed by atoms with Crippen LogP contribution in [-0.4, -0.2) is 63.5 Å². The quantitative estimate of drug-likeness (QED) is 0.245. The van der Waals surface area contributed by atoms with Crippen LogP contribution in [0.5, 0.6) is 0 Å². The molecule has 1 aromatic rings. The molecule has 10 heteroatoms. The van der Waals surface area contributed by atoms with E-state index in [2.05, 4.69) is 23.3 Å². The molecule has 0 aliphatic carbocycles. The van der Waals surface area contributed by atoms with Gasteiger partial charge < -0.3 is 15.7 Å². The number of carbonyl (C=O) groups excluding carboxylic acids is 4. The van der Waals surface area contributed by atoms with Crippen LogP contribution in [0.25, 0.3) is 0 Å². The minimum atomic E-state index is -1.16. The van der Waals surface area contributed by atoms with Crippen molar-refractivity contribution in [1.82, 2.24) is 15.5 Å². The Balaban J connectivity index is 1.93. The summed E-state index contributed by atoms with van der Waals surface area (Å²) in [5, 5.41) is 14.1. The Hall–Kier alpha value is -2.88. The van der Waals surface area contributed by atoms with E-state index in [1.165, 1.54) is 4.90 Å². The van der Waals surface area contributed by atoms with Crippen molar-refractivity contribution in [1.29, 1.82) is 0 Å². The zero-order valence-electron chi connectivity index (χ0n) is 19.5. The van der Waals surface area contributed by atoms with Crippen LogP contribution in [0.1, 0.15) is 51.5 Å². The number of benzene rings is 1. The van der Waals surface area contributed by atoms with Gasteiger partial charge in [0.1, 0.15) is 12.1 Å². The standard InChI is InChI=1S/C24H33N3O6S/c1-15(2)13-17(22(30)26-18(24(32)33)14-16-7-4-3-5-8-16)25-23(31)19(34)9-6-12-27-20(28)10-11-21(27)29/h3-5,7-8,15,17-19,34H,6,9-14H2,1-2H3,(H,25,31)(H,26,30)(H,32,33)/t17?,18-,19?/m0/s1. The molecule has 186 valence electrons. The van der Waals surface area contributed by atoms with Crippen molar-refractivity contribution >= 4 is 42.2 Å². The maximum atomic E-state index is 12.9. The van der Waals surface area contributed by atoms with Gasteiger partial charge in [-0.25, -0.2) is 4.79 Å². The Bertz CT molecular complexity index is 876. The van der Waals surface area contributed by atoms with Crippen LogP contribution in [0.2, 0.25) is 0 Å². The Labute approximate surface area is 205 Å². The van der Waals surface area contributed by atoms with Crippen molar-refractivity contribution in [3.63, 3.8) is 0 Å². The largest absolute Gasteiger partial charge is 0.480 e. The molecule has 4 amide bonds. The second-order valence-electron chi connectivity index (χ2n) is 8.88. The summed E-state index contributed by atoms with van der Waals surface area (Å²) in [6.07, 6.45) is 1.61. The molecule has 34 heavy (non-hydrogen) atoms. The van der Waals surface area contributed by atoms with Crippen LogP contribution >= 0.6 is 12.6 Å². The van der Waals surface area contributed by atoms with Gasteiger partial charge >= 0.3 is 5.97 Å². The Kier molecular flexibility index (Phi) is 10.6. The fraction of sp³-hybridized carbons (Fsp3) is 0.542. The molecule has 1 aliphatic rings. The average molecular weight is 492 g/mol. The van der Waals surface area contributed by atoms with Gasteiger partial charge in [-0.05, 0) is 30.7 Å². The smallest absolute Gasteiger partial charge is 0.326 e. The first kappa shape index (κ1) is 27.4. The summed E-state index contributed by atoms with van der Waals surface area (Å²) in [4.78, 5) is 61.9. The van der Waals surface area contributed by atoms with Gasteiger partial charge in [0, 0.05) is 25.8 Å². The van der Waals surface area contributed by atoms with Crippen molar-refractivity contribution in [3.05, 3.63) is 35.9 Å². The third kappa shape index (κ3) is 8.48. The molecule has 9 nitrogen and oxygen atoms in total. The van der Waals surface area contributed by atoms with E-state index in [1.54, 1.807) is 24.3 Å². The molecule has 1 heterocycles. The van der Waals surface area contributed by atoms with Gasteiger partial charge in [0.2, 0.25) is 23.6 Å². The number of likely N-dealkylation sites (tertiary alicyclic amines) is 1. The third-order valence-electron chi connectivity index (χ3n) is 5.55. The van der Waals surface area contributed by atoms with E-state index in [0.29, 0.717) is 19.3 Å². The third-order valence-corrected chi connectivity index (χ3v) is 6.05. The van der Waals surface area contributed by atoms with Crippen LogP contribution in [0, 0.1) is 5.92 Å². The number of aliphatic carboxylic acids is 1. The van der Waals surface area contributed by atoms with Crippen LogP contribution in [0.15, 0.2) is 30.3 Å². The Morgan fingerprint density at radius 3 is 2.15 bits per heavy atom. The van der Waals surface area contributed by atoms with Crippen molar-refractivity contribution in [2.45, 2.75) is 69.7 Å². The van der Waals surface area contributed by atoms with Gasteiger partial charge in [0.15, 0.2) is 0 Å². The van der Waals surface area contributed by atoms with E-state index in [4.69, 9.17) is 0 Å². The molecule has 0 radical (unpaired) electrons. The summed E-state index contributed by atoms with van der Waals surface area (Å²) in [6.45, 7) is 4.03. The van der Waals surface area contributed by atoms with Crippen molar-refractivity contribution < 1.29 is 29.1 Å². The SMILES string of the molecule is CC(C)CC(NC(=O)C(S)CCCN1C(=O)CCC1=O)C(=O)N[C@@H](Cc1ccccc1)C(=O)O. The number of nitrogens with zero attached hydrogens (tertiary/aromatic N) is 1. The van der Waals surface area contributed by atoms with Crippen molar-refractivity contribution in [2.75, 3.05) is 6.54 Å². The first-order chi connectivity index (χ1) is 16.1. The summed E-state index contributed by atoms with van der Waals surface area (Å²) in [5.41, 5.74) is 0.769. The lowest BCUT2D eigenvalue weighted by atomic mass is 10.0. The molecule has 0 saturated carbocycles. The number of hydrogen-bond donors (Lipinski definition) is 4. The summed E-state index contributed by atoms with van der Waals surface area (Å²) >= 11 is 4.32. The number of carboxylic acid groups (broad SMARTS) is 1. The number of rotatable bonds is 13. The monoisotopic (exact) mass is 491 g/mol. The number of amides is 4. The van der Waals surface area contributed by atoms with Crippen LogP contribution in [0.3, 0.4) is 0 Å². The Morgan fingerprint density at radius 2 is 1.59 bits per heavy atom. The van der Waals surface area contributed by atoms with E-state index in [1.807, 2.05) is 19.9 Å². The first-order valence-corrected chi connectivity index (χ1v) is 12.0. The number of thiol groups is 1. The zero-order chi connectivity index (χ0) is 25.3. The number of nitrogens with one attached hydrogen (secondary N) is 2. The highest BCUT2D eigenvalue weighted by atomic mass is 32.1. The van der Waals surface area contributed by atoms with Gasteiger partial charge in [-0.15, -0.1) is 0 Å². The highest BCUT2D eigenvalue weighted by Gasteiger charge is 2.30. The summed E-state index contributed by atoms with van der Waals surface area (Å²) < 4.78 is 0. The lowest BCUT2D eigenvalue weighted by Crippen LogP contribution is -2.53. The van der Waals surface area contributed by atoms with Crippen LogP contribution < -0.4 is 10.6 Å².